The highest BCUT2D eigenvalue weighted by atomic mass is 32.2. The van der Waals surface area contributed by atoms with Gasteiger partial charge in [-0.2, -0.15) is 0 Å². The van der Waals surface area contributed by atoms with Gasteiger partial charge in [0.1, 0.15) is 5.82 Å². The molecule has 0 aliphatic carbocycles. The molecule has 2 aliphatic heterocycles. The SMILES string of the molecule is CCNC(=O)c1ccc(N2CCN(C3CCS(=O)(=O)C3)CC2)nc1. The Hall–Kier alpha value is -1.67. The Balaban J connectivity index is 1.56. The highest BCUT2D eigenvalue weighted by Crippen LogP contribution is 2.21. The Morgan fingerprint density at radius 2 is 2.04 bits per heavy atom. The molecule has 0 saturated carbocycles. The van der Waals surface area contributed by atoms with E-state index in [4.69, 9.17) is 0 Å². The summed E-state index contributed by atoms with van der Waals surface area (Å²) < 4.78 is 23.2. The van der Waals surface area contributed by atoms with E-state index in [2.05, 4.69) is 20.1 Å². The van der Waals surface area contributed by atoms with Crippen LogP contribution in [-0.2, 0) is 9.84 Å². The summed E-state index contributed by atoms with van der Waals surface area (Å²) in [6, 6.07) is 3.84. The fraction of sp³-hybridized carbons (Fsp3) is 0.625. The molecule has 1 atom stereocenters. The Morgan fingerprint density at radius 1 is 1.29 bits per heavy atom. The normalized spacial score (nSPS) is 24.0. The molecule has 0 bridgehead atoms. The number of nitrogens with one attached hydrogen (secondary N) is 1. The molecule has 3 rings (SSSR count). The van der Waals surface area contributed by atoms with Crippen molar-refractivity contribution in [2.45, 2.75) is 19.4 Å². The van der Waals surface area contributed by atoms with Crippen LogP contribution in [0.1, 0.15) is 23.7 Å². The second kappa shape index (κ2) is 7.06. The van der Waals surface area contributed by atoms with E-state index < -0.39 is 9.84 Å². The number of aromatic nitrogens is 1. The number of rotatable bonds is 4. The minimum atomic E-state index is -2.83. The monoisotopic (exact) mass is 352 g/mol. The van der Waals surface area contributed by atoms with Gasteiger partial charge in [0.25, 0.3) is 5.91 Å². The molecule has 1 N–H and O–H groups in total. The van der Waals surface area contributed by atoms with Crippen molar-refractivity contribution in [3.8, 4) is 0 Å². The van der Waals surface area contributed by atoms with E-state index >= 15 is 0 Å². The lowest BCUT2D eigenvalue weighted by atomic mass is 10.2. The highest BCUT2D eigenvalue weighted by Gasteiger charge is 2.33. The maximum atomic E-state index is 11.8. The van der Waals surface area contributed by atoms with Crippen LogP contribution in [0.3, 0.4) is 0 Å². The molecular formula is C16H24N4O3S. The van der Waals surface area contributed by atoms with Gasteiger partial charge in [0.15, 0.2) is 9.84 Å². The third kappa shape index (κ3) is 3.87. The molecule has 3 heterocycles. The number of amides is 1. The van der Waals surface area contributed by atoms with Gasteiger partial charge in [0.05, 0.1) is 17.1 Å². The Labute approximate surface area is 143 Å². The second-order valence-corrected chi connectivity index (χ2v) is 8.57. The van der Waals surface area contributed by atoms with Crippen LogP contribution in [0, 0.1) is 0 Å². The molecule has 1 unspecified atom stereocenters. The maximum Gasteiger partial charge on any atom is 0.252 e. The average Bonchev–Trinajstić information content (AvgIpc) is 2.95. The molecule has 2 aliphatic rings. The van der Waals surface area contributed by atoms with E-state index in [0.717, 1.165) is 38.4 Å². The number of carbonyl (C=O) groups excluding carboxylic acids is 1. The molecule has 132 valence electrons. The molecule has 8 heteroatoms. The zero-order valence-electron chi connectivity index (χ0n) is 13.9. The van der Waals surface area contributed by atoms with Crippen molar-refractivity contribution in [2.24, 2.45) is 0 Å². The summed E-state index contributed by atoms with van der Waals surface area (Å²) in [6.45, 7) is 5.82. The Bertz CT molecular complexity index is 682. The number of anilines is 1. The summed E-state index contributed by atoms with van der Waals surface area (Å²) in [5.74, 6) is 1.37. The number of sulfone groups is 1. The second-order valence-electron chi connectivity index (χ2n) is 6.34. The predicted octanol–water partition coefficient (Wildman–Crippen LogP) is 0.140. The van der Waals surface area contributed by atoms with Crippen LogP contribution in [0.5, 0.6) is 0 Å². The van der Waals surface area contributed by atoms with Gasteiger partial charge < -0.3 is 10.2 Å². The highest BCUT2D eigenvalue weighted by molar-refractivity contribution is 7.91. The first-order valence-electron chi connectivity index (χ1n) is 8.42. The molecule has 2 saturated heterocycles. The van der Waals surface area contributed by atoms with E-state index in [1.165, 1.54) is 0 Å². The lowest BCUT2D eigenvalue weighted by Crippen LogP contribution is -2.51. The number of hydrogen-bond donors (Lipinski definition) is 1. The average molecular weight is 352 g/mol. The number of nitrogens with zero attached hydrogens (tertiary/aromatic N) is 3. The summed E-state index contributed by atoms with van der Waals surface area (Å²) in [7, 11) is -2.83. The van der Waals surface area contributed by atoms with E-state index in [1.807, 2.05) is 13.0 Å². The van der Waals surface area contributed by atoms with Crippen LogP contribution in [-0.4, -0.2) is 74.5 Å². The van der Waals surface area contributed by atoms with Crippen molar-refractivity contribution in [1.29, 1.82) is 0 Å². The molecule has 0 spiro atoms. The topological polar surface area (TPSA) is 82.6 Å². The van der Waals surface area contributed by atoms with Gasteiger partial charge in [-0.3, -0.25) is 9.69 Å². The predicted molar refractivity (Wildman–Crippen MR) is 93.1 cm³/mol. The minimum absolute atomic E-state index is 0.108. The van der Waals surface area contributed by atoms with Crippen LogP contribution in [0.4, 0.5) is 5.82 Å². The summed E-state index contributed by atoms with van der Waals surface area (Å²) in [5, 5.41) is 2.76. The van der Waals surface area contributed by atoms with Gasteiger partial charge >= 0.3 is 0 Å². The van der Waals surface area contributed by atoms with Gasteiger partial charge in [-0.15, -0.1) is 0 Å². The lowest BCUT2D eigenvalue weighted by molar-refractivity contribution is 0.0955. The molecular weight excluding hydrogens is 328 g/mol. The number of pyridine rings is 1. The zero-order chi connectivity index (χ0) is 17.2. The molecule has 1 amide bonds. The summed E-state index contributed by atoms with van der Waals surface area (Å²) in [6.07, 6.45) is 2.36. The van der Waals surface area contributed by atoms with Crippen LogP contribution in [0.2, 0.25) is 0 Å². The molecule has 2 fully saturated rings. The van der Waals surface area contributed by atoms with Gasteiger partial charge in [-0.05, 0) is 25.5 Å². The van der Waals surface area contributed by atoms with Crippen LogP contribution in [0.15, 0.2) is 18.3 Å². The fourth-order valence-corrected chi connectivity index (χ4v) is 5.11. The smallest absolute Gasteiger partial charge is 0.252 e. The quantitative estimate of drug-likeness (QED) is 0.830. The van der Waals surface area contributed by atoms with Crippen LogP contribution in [0.25, 0.3) is 0 Å². The van der Waals surface area contributed by atoms with Crippen LogP contribution < -0.4 is 10.2 Å². The standard InChI is InChI=1S/C16H24N4O3S/c1-2-17-16(21)13-3-4-15(18-11-13)20-8-6-19(7-9-20)14-5-10-24(22,23)12-14/h3-4,11,14H,2,5-10,12H2,1H3,(H,17,21). The minimum Gasteiger partial charge on any atom is -0.354 e. The van der Waals surface area contributed by atoms with Gasteiger partial charge in [-0.25, -0.2) is 13.4 Å². The van der Waals surface area contributed by atoms with Gasteiger partial charge in [0, 0.05) is 45.0 Å². The molecule has 1 aromatic rings. The summed E-state index contributed by atoms with van der Waals surface area (Å²) in [4.78, 5) is 20.6. The first-order chi connectivity index (χ1) is 11.5. The van der Waals surface area contributed by atoms with Gasteiger partial charge in [0.2, 0.25) is 0 Å². The van der Waals surface area contributed by atoms with E-state index in [9.17, 15) is 13.2 Å². The lowest BCUT2D eigenvalue weighted by Gasteiger charge is -2.38. The number of hydrogen-bond acceptors (Lipinski definition) is 6. The first-order valence-corrected chi connectivity index (χ1v) is 10.2. The summed E-state index contributed by atoms with van der Waals surface area (Å²) >= 11 is 0. The maximum absolute atomic E-state index is 11.8. The zero-order valence-corrected chi connectivity index (χ0v) is 14.8. The molecule has 24 heavy (non-hydrogen) atoms. The van der Waals surface area contributed by atoms with Gasteiger partial charge in [-0.1, -0.05) is 0 Å². The molecule has 0 radical (unpaired) electrons. The third-order valence-corrected chi connectivity index (χ3v) is 6.46. The van der Waals surface area contributed by atoms with Crippen LogP contribution >= 0.6 is 0 Å². The number of carbonyl (C=O) groups is 1. The fourth-order valence-electron chi connectivity index (χ4n) is 3.35. The van der Waals surface area contributed by atoms with Crippen molar-refractivity contribution in [2.75, 3.05) is 49.1 Å². The van der Waals surface area contributed by atoms with E-state index in [-0.39, 0.29) is 11.9 Å². The molecule has 0 aromatic carbocycles. The van der Waals surface area contributed by atoms with Crippen molar-refractivity contribution >= 4 is 21.6 Å². The summed E-state index contributed by atoms with van der Waals surface area (Å²) in [5.41, 5.74) is 0.565. The number of piperazine rings is 1. The van der Waals surface area contributed by atoms with Crippen molar-refractivity contribution in [1.82, 2.24) is 15.2 Å². The van der Waals surface area contributed by atoms with Crippen molar-refractivity contribution in [3.63, 3.8) is 0 Å². The molecule has 7 nitrogen and oxygen atoms in total. The molecule has 1 aromatic heterocycles. The first kappa shape index (κ1) is 17.2. The largest absolute Gasteiger partial charge is 0.354 e. The van der Waals surface area contributed by atoms with Crippen molar-refractivity contribution in [3.05, 3.63) is 23.9 Å². The Morgan fingerprint density at radius 3 is 2.58 bits per heavy atom. The Kier molecular flexibility index (Phi) is 5.05. The van der Waals surface area contributed by atoms with E-state index in [1.54, 1.807) is 12.3 Å². The van der Waals surface area contributed by atoms with E-state index in [0.29, 0.717) is 23.6 Å². The third-order valence-electron chi connectivity index (χ3n) is 4.71. The van der Waals surface area contributed by atoms with Crippen molar-refractivity contribution < 1.29 is 13.2 Å².